The number of fused-ring (bicyclic) bond motifs is 1. The number of hydrogen-bond donors (Lipinski definition) is 0. The summed E-state index contributed by atoms with van der Waals surface area (Å²) in [5.41, 5.74) is 2.01. The van der Waals surface area contributed by atoms with Crippen LogP contribution >= 0.6 is 11.8 Å². The van der Waals surface area contributed by atoms with Gasteiger partial charge in [-0.25, -0.2) is 12.7 Å². The number of thioether (sulfide) groups is 1. The zero-order chi connectivity index (χ0) is 19.7. The molecule has 1 unspecified atom stereocenters. The van der Waals surface area contributed by atoms with Gasteiger partial charge in [-0.1, -0.05) is 59.8 Å². The maximum atomic E-state index is 13.3. The van der Waals surface area contributed by atoms with Crippen LogP contribution in [0.2, 0.25) is 0 Å². The first-order chi connectivity index (χ1) is 13.5. The van der Waals surface area contributed by atoms with E-state index in [4.69, 9.17) is 0 Å². The summed E-state index contributed by atoms with van der Waals surface area (Å²) >= 11 is 1.57. The van der Waals surface area contributed by atoms with Crippen molar-refractivity contribution in [3.63, 3.8) is 0 Å². The number of rotatable bonds is 4. The molecule has 2 aliphatic rings. The van der Waals surface area contributed by atoms with Gasteiger partial charge in [-0.3, -0.25) is 4.79 Å². The molecule has 0 spiro atoms. The minimum absolute atomic E-state index is 0.115. The Labute approximate surface area is 170 Å². The summed E-state index contributed by atoms with van der Waals surface area (Å²) in [6.45, 7) is 1.91. The van der Waals surface area contributed by atoms with Gasteiger partial charge in [0, 0.05) is 9.80 Å². The summed E-state index contributed by atoms with van der Waals surface area (Å²) < 4.78 is 27.7. The van der Waals surface area contributed by atoms with Crippen LogP contribution in [-0.2, 0) is 14.8 Å². The van der Waals surface area contributed by atoms with Gasteiger partial charge in [0.1, 0.15) is 0 Å². The summed E-state index contributed by atoms with van der Waals surface area (Å²) in [5.74, 6) is -0.358. The molecule has 28 heavy (non-hydrogen) atoms. The molecule has 0 radical (unpaired) electrons. The van der Waals surface area contributed by atoms with Crippen molar-refractivity contribution in [1.82, 2.24) is 4.31 Å². The molecule has 6 heteroatoms. The Bertz CT molecular complexity index is 1050. The van der Waals surface area contributed by atoms with Crippen molar-refractivity contribution in [3.8, 4) is 0 Å². The lowest BCUT2D eigenvalue weighted by molar-refractivity contribution is -0.127. The van der Waals surface area contributed by atoms with E-state index >= 15 is 0 Å². The third-order valence-electron chi connectivity index (χ3n) is 5.03. The van der Waals surface area contributed by atoms with Crippen LogP contribution in [0.1, 0.15) is 24.8 Å². The minimum atomic E-state index is -3.89. The predicted octanol–water partition coefficient (Wildman–Crippen LogP) is 4.68. The average Bonchev–Trinajstić information content (AvgIpc) is 2.69. The van der Waals surface area contributed by atoms with Gasteiger partial charge in [-0.15, -0.1) is 0 Å². The average molecular weight is 412 g/mol. The van der Waals surface area contributed by atoms with Gasteiger partial charge in [0.25, 0.3) is 10.0 Å². The van der Waals surface area contributed by atoms with E-state index in [9.17, 15) is 13.2 Å². The summed E-state index contributed by atoms with van der Waals surface area (Å²) in [7, 11) is -3.89. The first-order valence-electron chi connectivity index (χ1n) is 9.20. The number of sulfonamides is 1. The van der Waals surface area contributed by atoms with E-state index < -0.39 is 16.1 Å². The number of hydrogen-bond acceptors (Lipinski definition) is 4. The van der Waals surface area contributed by atoms with Crippen molar-refractivity contribution in [2.24, 2.45) is 0 Å². The lowest BCUT2D eigenvalue weighted by Crippen LogP contribution is -2.48. The molecular weight excluding hydrogens is 390 g/mol. The highest BCUT2D eigenvalue weighted by Gasteiger charge is 2.42. The molecule has 2 aromatic rings. The van der Waals surface area contributed by atoms with Gasteiger partial charge in [0.15, 0.2) is 0 Å². The molecular formula is C22H21NO3S2. The van der Waals surface area contributed by atoms with Crippen molar-refractivity contribution in [3.05, 3.63) is 82.8 Å². The standard InChI is InChI=1S/C22H21NO3S2/c1-16-11-13-18(14-12-16)28(25,26)23-20-10-6-5-9-19(20)21(15-22(23)24)27-17-7-3-2-4-8-17/h2-8,11-14,20H,9-10,15H2,1H3. The molecule has 4 nitrogen and oxygen atoms in total. The Morgan fingerprint density at radius 2 is 1.71 bits per heavy atom. The highest BCUT2D eigenvalue weighted by atomic mass is 32.2. The Hall–Kier alpha value is -2.31. The van der Waals surface area contributed by atoms with Gasteiger partial charge in [-0.2, -0.15) is 0 Å². The molecule has 0 fully saturated rings. The van der Waals surface area contributed by atoms with Crippen LogP contribution < -0.4 is 0 Å². The highest BCUT2D eigenvalue weighted by Crippen LogP contribution is 2.42. The second kappa shape index (κ2) is 7.60. The Balaban J connectivity index is 1.74. The number of benzene rings is 2. The number of nitrogens with zero attached hydrogens (tertiary/aromatic N) is 1. The fourth-order valence-electron chi connectivity index (χ4n) is 3.61. The van der Waals surface area contributed by atoms with Gasteiger partial charge in [0.2, 0.25) is 5.91 Å². The maximum absolute atomic E-state index is 13.3. The molecule has 1 aliphatic carbocycles. The molecule has 144 valence electrons. The van der Waals surface area contributed by atoms with Crippen LogP contribution in [0, 0.1) is 6.92 Å². The second-order valence-corrected chi connectivity index (χ2v) is 9.96. The van der Waals surface area contributed by atoms with Crippen LogP contribution in [0.3, 0.4) is 0 Å². The normalized spacial score (nSPS) is 19.7. The van der Waals surface area contributed by atoms with Crippen LogP contribution in [0.5, 0.6) is 0 Å². The number of carbonyl (C=O) groups excluding carboxylic acids is 1. The van der Waals surface area contributed by atoms with Crippen molar-refractivity contribution in [2.45, 2.75) is 42.0 Å². The molecule has 0 aromatic heterocycles. The minimum Gasteiger partial charge on any atom is -0.273 e. The van der Waals surface area contributed by atoms with Crippen molar-refractivity contribution in [2.75, 3.05) is 0 Å². The van der Waals surface area contributed by atoms with Crippen LogP contribution in [-0.4, -0.2) is 24.7 Å². The van der Waals surface area contributed by atoms with Crippen molar-refractivity contribution < 1.29 is 13.2 Å². The highest BCUT2D eigenvalue weighted by molar-refractivity contribution is 8.03. The third kappa shape index (κ3) is 3.54. The molecule has 0 saturated heterocycles. The molecule has 0 saturated carbocycles. The maximum Gasteiger partial charge on any atom is 0.267 e. The first-order valence-corrected chi connectivity index (χ1v) is 11.5. The molecule has 0 N–H and O–H groups in total. The quantitative estimate of drug-likeness (QED) is 0.686. The summed E-state index contributed by atoms with van der Waals surface area (Å²) in [4.78, 5) is 15.2. The number of amides is 1. The lowest BCUT2D eigenvalue weighted by atomic mass is 9.91. The fourth-order valence-corrected chi connectivity index (χ4v) is 6.32. The summed E-state index contributed by atoms with van der Waals surface area (Å²) in [6, 6.07) is 16.1. The van der Waals surface area contributed by atoms with E-state index in [0.717, 1.165) is 25.2 Å². The van der Waals surface area contributed by atoms with Gasteiger partial charge < -0.3 is 0 Å². The van der Waals surface area contributed by atoms with E-state index in [1.165, 1.54) is 0 Å². The topological polar surface area (TPSA) is 54.5 Å². The van der Waals surface area contributed by atoms with Crippen LogP contribution in [0.25, 0.3) is 0 Å². The second-order valence-electron chi connectivity index (χ2n) is 6.97. The smallest absolute Gasteiger partial charge is 0.267 e. The van der Waals surface area contributed by atoms with E-state index in [1.807, 2.05) is 43.3 Å². The van der Waals surface area contributed by atoms with Gasteiger partial charge in [-0.05, 0) is 49.6 Å². The fraction of sp³-hybridized carbons (Fsp3) is 0.227. The molecule has 1 amide bonds. The summed E-state index contributed by atoms with van der Waals surface area (Å²) in [5, 5.41) is 0. The number of allylic oxidation sites excluding steroid dienone is 1. The van der Waals surface area contributed by atoms with E-state index in [0.29, 0.717) is 12.8 Å². The van der Waals surface area contributed by atoms with E-state index in [-0.39, 0.29) is 17.2 Å². The van der Waals surface area contributed by atoms with Gasteiger partial charge >= 0.3 is 0 Å². The molecule has 0 bridgehead atoms. The monoisotopic (exact) mass is 411 g/mol. The van der Waals surface area contributed by atoms with Crippen LogP contribution in [0.4, 0.5) is 0 Å². The largest absolute Gasteiger partial charge is 0.273 e. The zero-order valence-corrected chi connectivity index (χ0v) is 17.2. The SMILES string of the molecule is Cc1ccc(S(=O)(=O)N2C(=O)CC(Sc3ccccc3)=C3CC=CCC32)cc1. The molecule has 1 atom stereocenters. The van der Waals surface area contributed by atoms with Crippen molar-refractivity contribution >= 4 is 27.7 Å². The Morgan fingerprint density at radius 3 is 2.43 bits per heavy atom. The molecule has 1 aliphatic heterocycles. The number of carbonyl (C=O) groups is 1. The Morgan fingerprint density at radius 1 is 1.00 bits per heavy atom. The third-order valence-corrected chi connectivity index (χ3v) is 8.03. The molecule has 4 rings (SSSR count). The Kier molecular flexibility index (Phi) is 5.17. The van der Waals surface area contributed by atoms with E-state index in [2.05, 4.69) is 6.08 Å². The van der Waals surface area contributed by atoms with Gasteiger partial charge in [0.05, 0.1) is 17.4 Å². The predicted molar refractivity (Wildman–Crippen MR) is 111 cm³/mol. The zero-order valence-electron chi connectivity index (χ0n) is 15.5. The first kappa shape index (κ1) is 19.0. The van der Waals surface area contributed by atoms with Crippen molar-refractivity contribution in [1.29, 1.82) is 0 Å². The number of aryl methyl sites for hydroxylation is 1. The molecule has 2 aromatic carbocycles. The van der Waals surface area contributed by atoms with E-state index in [1.54, 1.807) is 36.0 Å². The van der Waals surface area contributed by atoms with Crippen LogP contribution in [0.15, 0.2) is 87.0 Å². The lowest BCUT2D eigenvalue weighted by Gasteiger charge is -2.38. The molecule has 1 heterocycles. The summed E-state index contributed by atoms with van der Waals surface area (Å²) in [6.07, 6.45) is 5.33.